The molecule has 2 aromatic carbocycles. The van der Waals surface area contributed by atoms with Crippen LogP contribution in [-0.2, 0) is 11.2 Å². The number of hydrogen-bond donors (Lipinski definition) is 1. The SMILES string of the molecule is COc1ccc2c(c1)CCN1C(=O)C3CCCC(C21)N3C(=O)Nc1c(C)cccc1C. The molecule has 3 heterocycles. The highest BCUT2D eigenvalue weighted by molar-refractivity contribution is 5.96. The summed E-state index contributed by atoms with van der Waals surface area (Å²) in [5, 5.41) is 3.13. The van der Waals surface area contributed by atoms with E-state index in [9.17, 15) is 9.59 Å². The van der Waals surface area contributed by atoms with Crippen molar-refractivity contribution in [3.63, 3.8) is 0 Å². The number of anilines is 1. The third-order valence-electron chi connectivity index (χ3n) is 7.18. The molecule has 31 heavy (non-hydrogen) atoms. The van der Waals surface area contributed by atoms with Gasteiger partial charge in [-0.15, -0.1) is 0 Å². The Labute approximate surface area is 183 Å². The van der Waals surface area contributed by atoms with Crippen molar-refractivity contribution >= 4 is 17.6 Å². The number of hydrogen-bond acceptors (Lipinski definition) is 3. The fourth-order valence-corrected chi connectivity index (χ4v) is 5.67. The zero-order chi connectivity index (χ0) is 21.7. The summed E-state index contributed by atoms with van der Waals surface area (Å²) in [5.41, 5.74) is 5.26. The first-order valence-electron chi connectivity index (χ1n) is 11.1. The van der Waals surface area contributed by atoms with E-state index < -0.39 is 0 Å². The van der Waals surface area contributed by atoms with Crippen LogP contribution in [0.25, 0.3) is 0 Å². The number of para-hydroxylation sites is 1. The van der Waals surface area contributed by atoms with Gasteiger partial charge in [0.15, 0.2) is 0 Å². The van der Waals surface area contributed by atoms with Gasteiger partial charge in [0.2, 0.25) is 5.91 Å². The molecule has 3 amide bonds. The summed E-state index contributed by atoms with van der Waals surface area (Å²) in [5.74, 6) is 0.916. The number of methoxy groups -OCH3 is 1. The van der Waals surface area contributed by atoms with Crippen LogP contribution in [0.1, 0.15) is 47.6 Å². The number of carbonyl (C=O) groups is 2. The summed E-state index contributed by atoms with van der Waals surface area (Å²) in [4.78, 5) is 30.9. The number of piperazine rings is 1. The van der Waals surface area contributed by atoms with Crippen LogP contribution in [0.5, 0.6) is 5.75 Å². The van der Waals surface area contributed by atoms with Crippen molar-refractivity contribution in [3.8, 4) is 5.75 Å². The Morgan fingerprint density at radius 2 is 1.90 bits per heavy atom. The van der Waals surface area contributed by atoms with Crippen LogP contribution in [0.3, 0.4) is 0 Å². The van der Waals surface area contributed by atoms with Gasteiger partial charge in [0, 0.05) is 12.2 Å². The average Bonchev–Trinajstić information content (AvgIpc) is 2.78. The zero-order valence-corrected chi connectivity index (χ0v) is 18.4. The second-order valence-corrected chi connectivity index (χ2v) is 8.91. The van der Waals surface area contributed by atoms with Crippen molar-refractivity contribution in [2.75, 3.05) is 19.0 Å². The van der Waals surface area contributed by atoms with Crippen LogP contribution in [0.4, 0.5) is 10.5 Å². The molecule has 2 aromatic rings. The molecule has 6 nitrogen and oxygen atoms in total. The molecule has 1 N–H and O–H groups in total. The normalized spacial score (nSPS) is 24.4. The molecule has 3 aliphatic heterocycles. The molecule has 0 spiro atoms. The second-order valence-electron chi connectivity index (χ2n) is 8.91. The minimum absolute atomic E-state index is 0.0202. The molecule has 2 saturated heterocycles. The molecule has 3 unspecified atom stereocenters. The highest BCUT2D eigenvalue weighted by Gasteiger charge is 2.52. The lowest BCUT2D eigenvalue weighted by atomic mass is 9.78. The molecular weight excluding hydrogens is 390 g/mol. The maximum Gasteiger partial charge on any atom is 0.322 e. The van der Waals surface area contributed by atoms with Gasteiger partial charge >= 0.3 is 6.03 Å². The number of nitrogens with zero attached hydrogens (tertiary/aromatic N) is 2. The first-order valence-corrected chi connectivity index (χ1v) is 11.1. The molecule has 5 rings (SSSR count). The van der Waals surface area contributed by atoms with E-state index >= 15 is 0 Å². The Hall–Kier alpha value is -3.02. The van der Waals surface area contributed by atoms with E-state index in [-0.39, 0.29) is 30.1 Å². The maximum absolute atomic E-state index is 13.5. The predicted molar refractivity (Wildman–Crippen MR) is 119 cm³/mol. The number of urea groups is 1. The van der Waals surface area contributed by atoms with E-state index in [0.29, 0.717) is 6.54 Å². The van der Waals surface area contributed by atoms with Crippen LogP contribution < -0.4 is 10.1 Å². The maximum atomic E-state index is 13.5. The summed E-state index contributed by atoms with van der Waals surface area (Å²) in [6.45, 7) is 4.69. The molecule has 0 radical (unpaired) electrons. The van der Waals surface area contributed by atoms with Gasteiger partial charge in [0.05, 0.1) is 19.2 Å². The molecule has 0 aromatic heterocycles. The van der Waals surface area contributed by atoms with Gasteiger partial charge in [-0.3, -0.25) is 4.79 Å². The van der Waals surface area contributed by atoms with Crippen LogP contribution in [0, 0.1) is 13.8 Å². The molecule has 2 fully saturated rings. The highest BCUT2D eigenvalue weighted by atomic mass is 16.5. The lowest BCUT2D eigenvalue weighted by Crippen LogP contribution is -2.67. The van der Waals surface area contributed by atoms with Crippen LogP contribution >= 0.6 is 0 Å². The Bertz CT molecular complexity index is 1030. The number of ether oxygens (including phenoxy) is 1. The van der Waals surface area contributed by atoms with Gasteiger partial charge in [-0.05, 0) is 73.9 Å². The third-order valence-corrected chi connectivity index (χ3v) is 7.18. The Morgan fingerprint density at radius 1 is 1.13 bits per heavy atom. The number of nitrogens with one attached hydrogen (secondary N) is 1. The molecule has 6 heteroatoms. The highest BCUT2D eigenvalue weighted by Crippen LogP contribution is 2.45. The minimum Gasteiger partial charge on any atom is -0.497 e. The van der Waals surface area contributed by atoms with Crippen LogP contribution in [-0.4, -0.2) is 47.5 Å². The number of aryl methyl sites for hydroxylation is 2. The molecule has 3 atom stereocenters. The average molecular weight is 420 g/mol. The van der Waals surface area contributed by atoms with Gasteiger partial charge in [0.1, 0.15) is 11.8 Å². The first-order chi connectivity index (χ1) is 15.0. The summed E-state index contributed by atoms with van der Waals surface area (Å²) >= 11 is 0. The smallest absolute Gasteiger partial charge is 0.322 e. The lowest BCUT2D eigenvalue weighted by molar-refractivity contribution is -0.152. The van der Waals surface area contributed by atoms with Gasteiger partial charge < -0.3 is 19.9 Å². The number of amides is 3. The van der Waals surface area contributed by atoms with Crippen molar-refractivity contribution in [3.05, 3.63) is 58.7 Å². The number of benzene rings is 2. The van der Waals surface area contributed by atoms with Crippen molar-refractivity contribution in [1.29, 1.82) is 0 Å². The second kappa shape index (κ2) is 7.59. The fourth-order valence-electron chi connectivity index (χ4n) is 5.67. The minimum atomic E-state index is -0.376. The van der Waals surface area contributed by atoms with E-state index in [1.54, 1.807) is 7.11 Å². The fraction of sp³-hybridized carbons (Fsp3) is 0.440. The molecular formula is C25H29N3O3. The largest absolute Gasteiger partial charge is 0.497 e. The number of carbonyl (C=O) groups excluding carboxylic acids is 2. The zero-order valence-electron chi connectivity index (χ0n) is 18.4. The Morgan fingerprint density at radius 3 is 2.65 bits per heavy atom. The van der Waals surface area contributed by atoms with Gasteiger partial charge in [-0.25, -0.2) is 4.79 Å². The van der Waals surface area contributed by atoms with E-state index in [1.165, 1.54) is 5.56 Å². The van der Waals surface area contributed by atoms with Gasteiger partial charge in [-0.1, -0.05) is 24.3 Å². The summed E-state index contributed by atoms with van der Waals surface area (Å²) in [7, 11) is 1.67. The topological polar surface area (TPSA) is 61.9 Å². The van der Waals surface area contributed by atoms with Crippen LogP contribution in [0.2, 0.25) is 0 Å². The van der Waals surface area contributed by atoms with E-state index in [1.807, 2.05) is 47.9 Å². The molecule has 3 aliphatic rings. The molecule has 0 saturated carbocycles. The van der Waals surface area contributed by atoms with Crippen molar-refractivity contribution in [2.24, 2.45) is 0 Å². The quantitative estimate of drug-likeness (QED) is 0.793. The lowest BCUT2D eigenvalue weighted by Gasteiger charge is -2.55. The summed E-state index contributed by atoms with van der Waals surface area (Å²) in [6, 6.07) is 11.4. The van der Waals surface area contributed by atoms with E-state index in [4.69, 9.17) is 4.74 Å². The number of piperidine rings is 1. The summed E-state index contributed by atoms with van der Waals surface area (Å²) in [6.07, 6.45) is 3.41. The Kier molecular flexibility index (Phi) is 4.88. The van der Waals surface area contributed by atoms with Crippen molar-refractivity contribution < 1.29 is 14.3 Å². The van der Waals surface area contributed by atoms with E-state index in [0.717, 1.165) is 53.8 Å². The first kappa shape index (κ1) is 19.9. The van der Waals surface area contributed by atoms with Gasteiger partial charge in [-0.2, -0.15) is 0 Å². The third kappa shape index (κ3) is 3.16. The summed E-state index contributed by atoms with van der Waals surface area (Å²) < 4.78 is 5.41. The van der Waals surface area contributed by atoms with Crippen molar-refractivity contribution in [1.82, 2.24) is 9.80 Å². The Balaban J connectivity index is 1.52. The monoisotopic (exact) mass is 419 g/mol. The number of rotatable bonds is 2. The van der Waals surface area contributed by atoms with E-state index in [2.05, 4.69) is 17.4 Å². The van der Waals surface area contributed by atoms with Gasteiger partial charge in [0.25, 0.3) is 0 Å². The number of fused-ring (bicyclic) bond motifs is 6. The standard InChI is InChI=1S/C25H29N3O3/c1-15-6-4-7-16(2)22(15)26-25(30)28-20-8-5-9-21(28)24(29)27-13-12-17-14-18(31-3)10-11-19(17)23(20)27/h4,6-7,10-11,14,20-21,23H,5,8-9,12-13H2,1-3H3,(H,26,30). The molecule has 162 valence electrons. The predicted octanol–water partition coefficient (Wildman–Crippen LogP) is 4.21. The van der Waals surface area contributed by atoms with Crippen LogP contribution in [0.15, 0.2) is 36.4 Å². The van der Waals surface area contributed by atoms with Crippen molar-refractivity contribution in [2.45, 2.75) is 57.7 Å². The molecule has 2 bridgehead atoms. The molecule has 0 aliphatic carbocycles.